The number of hydrogen-bond donors (Lipinski definition) is 2. The van der Waals surface area contributed by atoms with Gasteiger partial charge in [-0.3, -0.25) is 4.79 Å². The first-order valence-electron chi connectivity index (χ1n) is 9.49. The number of aromatic amines is 1. The molecule has 1 amide bonds. The van der Waals surface area contributed by atoms with Crippen LogP contribution in [0.1, 0.15) is 46.9 Å². The summed E-state index contributed by atoms with van der Waals surface area (Å²) in [4.78, 5) is 15.8. The number of halogens is 2. The molecule has 3 rings (SSSR count). The van der Waals surface area contributed by atoms with Crippen molar-refractivity contribution in [1.29, 1.82) is 0 Å². The van der Waals surface area contributed by atoms with Gasteiger partial charge in [-0.2, -0.15) is 0 Å². The van der Waals surface area contributed by atoms with Gasteiger partial charge in [-0.25, -0.2) is 13.1 Å². The number of H-pyrrole nitrogens is 1. The molecule has 158 valence electrons. The first kappa shape index (κ1) is 22.4. The monoisotopic (exact) mass is 464 g/mol. The largest absolute Gasteiger partial charge is 0.358 e. The second-order valence-electron chi connectivity index (χ2n) is 7.04. The summed E-state index contributed by atoms with van der Waals surface area (Å²) in [5.74, 6) is -0.674. The average molecular weight is 465 g/mol. The van der Waals surface area contributed by atoms with E-state index in [4.69, 9.17) is 23.2 Å². The lowest BCUT2D eigenvalue weighted by Crippen LogP contribution is -2.28. The normalized spacial score (nSPS) is 12.0. The van der Waals surface area contributed by atoms with E-state index in [1.807, 2.05) is 19.9 Å². The highest BCUT2D eigenvalue weighted by Crippen LogP contribution is 2.29. The first-order chi connectivity index (χ1) is 14.2. The van der Waals surface area contributed by atoms with Gasteiger partial charge < -0.3 is 4.98 Å². The molecule has 0 saturated heterocycles. The van der Waals surface area contributed by atoms with Crippen LogP contribution in [0.5, 0.6) is 0 Å². The van der Waals surface area contributed by atoms with Crippen LogP contribution in [0.3, 0.4) is 0 Å². The molecule has 0 saturated carbocycles. The second-order valence-corrected chi connectivity index (χ2v) is 9.45. The van der Waals surface area contributed by atoms with E-state index in [0.29, 0.717) is 22.9 Å². The highest BCUT2D eigenvalue weighted by atomic mass is 35.5. The molecule has 30 heavy (non-hydrogen) atoms. The highest BCUT2D eigenvalue weighted by molar-refractivity contribution is 7.92. The number of unbranched alkanes of at least 4 members (excludes halogenated alkanes) is 1. The molecule has 1 aromatic heterocycles. The third-order valence-corrected chi connectivity index (χ3v) is 6.34. The Balaban J connectivity index is 1.92. The summed E-state index contributed by atoms with van der Waals surface area (Å²) < 4.78 is 26.2. The van der Waals surface area contributed by atoms with Crippen LogP contribution in [-0.2, 0) is 16.4 Å². The van der Waals surface area contributed by atoms with E-state index in [-0.39, 0.29) is 5.56 Å². The van der Waals surface area contributed by atoms with Gasteiger partial charge in [0.2, 0.25) is 0 Å². The summed E-state index contributed by atoms with van der Waals surface area (Å²) in [7, 11) is -3.84. The number of sulfonamides is 1. The minimum atomic E-state index is -3.84. The number of nitrogens with one attached hydrogen (secondary N) is 2. The Hall–Kier alpha value is -2.28. The zero-order valence-corrected chi connectivity index (χ0v) is 19.0. The minimum absolute atomic E-state index is 0.261. The van der Waals surface area contributed by atoms with E-state index in [1.165, 1.54) is 6.08 Å². The number of fused-ring (bicyclic) bond motifs is 1. The summed E-state index contributed by atoms with van der Waals surface area (Å²) in [5, 5.41) is 2.99. The Morgan fingerprint density at radius 2 is 1.93 bits per heavy atom. The third kappa shape index (κ3) is 5.25. The average Bonchev–Trinajstić information content (AvgIpc) is 2.98. The molecule has 0 unspecified atom stereocenters. The van der Waals surface area contributed by atoms with Gasteiger partial charge in [0.05, 0.1) is 0 Å². The fourth-order valence-corrected chi connectivity index (χ4v) is 4.50. The molecular weight excluding hydrogens is 443 g/mol. The molecule has 0 radical (unpaired) electrons. The number of carbonyl (C=O) groups is 1. The Morgan fingerprint density at radius 1 is 1.17 bits per heavy atom. The van der Waals surface area contributed by atoms with Crippen LogP contribution in [0, 0.1) is 6.92 Å². The summed E-state index contributed by atoms with van der Waals surface area (Å²) in [5.41, 5.74) is 3.95. The molecular formula is C22H22Cl2N2O3S. The number of carbonyl (C=O) groups excluding carboxylic acids is 1. The summed E-state index contributed by atoms with van der Waals surface area (Å²) in [6, 6.07) is 10.4. The number of allylic oxidation sites excluding steroid dienone is 1. The van der Waals surface area contributed by atoms with Crippen molar-refractivity contribution in [3.8, 4) is 0 Å². The van der Waals surface area contributed by atoms with E-state index in [0.717, 1.165) is 39.6 Å². The van der Waals surface area contributed by atoms with Crippen LogP contribution in [0.25, 0.3) is 10.9 Å². The molecule has 0 atom stereocenters. The zero-order valence-electron chi connectivity index (χ0n) is 16.6. The molecule has 3 aromatic rings. The van der Waals surface area contributed by atoms with Gasteiger partial charge in [-0.15, -0.1) is 0 Å². The van der Waals surface area contributed by atoms with Crippen molar-refractivity contribution >= 4 is 50.0 Å². The van der Waals surface area contributed by atoms with E-state index in [9.17, 15) is 13.2 Å². The number of benzene rings is 2. The molecule has 5 nitrogen and oxygen atoms in total. The maximum absolute atomic E-state index is 12.5. The molecule has 0 aliphatic rings. The highest BCUT2D eigenvalue weighted by Gasteiger charge is 2.17. The Kier molecular flexibility index (Phi) is 6.91. The topological polar surface area (TPSA) is 79.0 Å². The first-order valence-corrected chi connectivity index (χ1v) is 11.8. The van der Waals surface area contributed by atoms with E-state index < -0.39 is 15.9 Å². The number of rotatable bonds is 7. The third-order valence-electron chi connectivity index (χ3n) is 4.73. The molecule has 8 heteroatoms. The van der Waals surface area contributed by atoms with E-state index >= 15 is 0 Å². The van der Waals surface area contributed by atoms with Gasteiger partial charge >= 0.3 is 0 Å². The lowest BCUT2D eigenvalue weighted by molar-refractivity contribution is 0.0982. The number of aryl methyl sites for hydroxylation is 1. The van der Waals surface area contributed by atoms with Gasteiger partial charge in [-0.05, 0) is 54.8 Å². The molecule has 0 aliphatic heterocycles. The Morgan fingerprint density at radius 3 is 2.63 bits per heavy atom. The predicted octanol–water partition coefficient (Wildman–Crippen LogP) is 5.75. The predicted molar refractivity (Wildman–Crippen MR) is 123 cm³/mol. The van der Waals surface area contributed by atoms with Crippen molar-refractivity contribution in [2.75, 3.05) is 0 Å². The van der Waals surface area contributed by atoms with E-state index in [1.54, 1.807) is 30.3 Å². The van der Waals surface area contributed by atoms with Crippen LogP contribution >= 0.6 is 23.2 Å². The van der Waals surface area contributed by atoms with Crippen LogP contribution < -0.4 is 4.72 Å². The van der Waals surface area contributed by atoms with Gasteiger partial charge in [0.15, 0.2) is 0 Å². The lowest BCUT2D eigenvalue weighted by atomic mass is 10.0. The molecule has 2 N–H and O–H groups in total. The molecule has 1 heterocycles. The fraction of sp³-hybridized carbons (Fsp3) is 0.227. The van der Waals surface area contributed by atoms with Crippen LogP contribution in [0.4, 0.5) is 0 Å². The maximum Gasteiger partial charge on any atom is 0.265 e. The second kappa shape index (κ2) is 9.25. The van der Waals surface area contributed by atoms with Gasteiger partial charge in [0.1, 0.15) is 0 Å². The number of hydrogen-bond acceptors (Lipinski definition) is 3. The zero-order chi connectivity index (χ0) is 21.9. The van der Waals surface area contributed by atoms with Crippen molar-refractivity contribution < 1.29 is 13.2 Å². The minimum Gasteiger partial charge on any atom is -0.358 e. The smallest absolute Gasteiger partial charge is 0.265 e. The van der Waals surface area contributed by atoms with Gasteiger partial charge in [0, 0.05) is 44.0 Å². The quantitative estimate of drug-likeness (QED) is 0.467. The molecule has 0 spiro atoms. The van der Waals surface area contributed by atoms with Crippen molar-refractivity contribution in [1.82, 2.24) is 9.71 Å². The van der Waals surface area contributed by atoms with Gasteiger partial charge in [-0.1, -0.05) is 48.7 Å². The Labute approximate surface area is 186 Å². The van der Waals surface area contributed by atoms with Gasteiger partial charge in [0.25, 0.3) is 15.9 Å². The maximum atomic E-state index is 12.5. The van der Waals surface area contributed by atoms with Crippen LogP contribution in [0.15, 0.2) is 47.9 Å². The number of amides is 1. The Bertz CT molecular complexity index is 1230. The SMILES string of the molecule is CCC/C=C/S(=O)(=O)NC(=O)c1ccc2[nH]c(C)c(Cc3ccc(Cl)cc3Cl)c2c1. The summed E-state index contributed by atoms with van der Waals surface area (Å²) in [6.45, 7) is 3.89. The molecule has 0 bridgehead atoms. The van der Waals surface area contributed by atoms with Crippen molar-refractivity contribution in [3.05, 3.63) is 80.3 Å². The van der Waals surface area contributed by atoms with E-state index in [2.05, 4.69) is 9.71 Å². The van der Waals surface area contributed by atoms with Crippen LogP contribution in [0.2, 0.25) is 10.0 Å². The molecule has 0 aliphatic carbocycles. The molecule has 2 aromatic carbocycles. The number of aromatic nitrogens is 1. The van der Waals surface area contributed by atoms with Crippen molar-refractivity contribution in [2.24, 2.45) is 0 Å². The van der Waals surface area contributed by atoms with Crippen molar-refractivity contribution in [2.45, 2.75) is 33.1 Å². The summed E-state index contributed by atoms with van der Waals surface area (Å²) >= 11 is 12.3. The van der Waals surface area contributed by atoms with Crippen molar-refractivity contribution in [3.63, 3.8) is 0 Å². The lowest BCUT2D eigenvalue weighted by Gasteiger charge is -2.07. The summed E-state index contributed by atoms with van der Waals surface area (Å²) in [6.07, 6.45) is 3.53. The fourth-order valence-electron chi connectivity index (χ4n) is 3.19. The van der Waals surface area contributed by atoms with Crippen LogP contribution in [-0.4, -0.2) is 19.3 Å². The molecule has 0 fully saturated rings. The standard InChI is InChI=1S/C22H22Cl2N2O3S/c1-3-4-5-10-30(28,29)26-22(27)16-7-9-21-19(12-16)18(14(2)25-21)11-15-6-8-17(23)13-20(15)24/h5-10,12-13,25H,3-4,11H2,1-2H3,(H,26,27)/b10-5+.